The number of unbranched alkanes of at least 4 members (excludes halogenated alkanes) is 24. The fourth-order valence-corrected chi connectivity index (χ4v) is 7.87. The van der Waals surface area contributed by atoms with Crippen LogP contribution in [-0.2, 0) is 32.7 Å². The molecule has 0 rings (SSSR count). The van der Waals surface area contributed by atoms with Crippen molar-refractivity contribution < 1.29 is 58.0 Å². The van der Waals surface area contributed by atoms with Crippen LogP contribution in [0.15, 0.2) is 12.2 Å². The Morgan fingerprint density at radius 1 is 0.557 bits per heavy atom. The minimum atomic E-state index is -4.65. The third-order valence-corrected chi connectivity index (χ3v) is 12.0. The van der Waals surface area contributed by atoms with Crippen LogP contribution in [0, 0.1) is 5.92 Å². The predicted octanol–water partition coefficient (Wildman–Crippen LogP) is 11.4. The molecule has 0 aliphatic carbocycles. The van der Waals surface area contributed by atoms with E-state index in [0.717, 1.165) is 63.7 Å². The zero-order valence-corrected chi connectivity index (χ0v) is 39.9. The van der Waals surface area contributed by atoms with Gasteiger partial charge in [0.2, 0.25) is 0 Å². The molecule has 12 nitrogen and oxygen atoms in total. The number of esters is 2. The van der Waals surface area contributed by atoms with Crippen molar-refractivity contribution in [3.63, 3.8) is 0 Å². The Labute approximate surface area is 371 Å². The SMILES string of the molecule is CCCCC/C=C\C[C@@H](O)[C@H](O)CCCCCCCC(=O)OC[C@H](COP(=O)(O)OC[C@@H](O)CO)OC(=O)CCCCCCCCCCCCCCCCCCCCC(C)C. The number of hydrogen-bond acceptors (Lipinski definition) is 11. The third kappa shape index (κ3) is 42.4. The molecular weight excluding hydrogens is 799 g/mol. The second-order valence-corrected chi connectivity index (χ2v) is 19.1. The van der Waals surface area contributed by atoms with Crippen LogP contribution in [0.25, 0.3) is 0 Å². The molecule has 362 valence electrons. The minimum Gasteiger partial charge on any atom is -0.462 e. The summed E-state index contributed by atoms with van der Waals surface area (Å²) >= 11 is 0. The molecule has 5 N–H and O–H groups in total. The summed E-state index contributed by atoms with van der Waals surface area (Å²) in [6.07, 6.45) is 33.4. The topological polar surface area (TPSA) is 189 Å². The second kappa shape index (κ2) is 42.6. The zero-order chi connectivity index (χ0) is 45.2. The van der Waals surface area contributed by atoms with Crippen molar-refractivity contribution in [1.29, 1.82) is 0 Å². The van der Waals surface area contributed by atoms with Crippen LogP contribution in [0.2, 0.25) is 0 Å². The van der Waals surface area contributed by atoms with Crippen LogP contribution >= 0.6 is 7.82 Å². The summed E-state index contributed by atoms with van der Waals surface area (Å²) in [5.41, 5.74) is 0. The maximum Gasteiger partial charge on any atom is 0.472 e. The smallest absolute Gasteiger partial charge is 0.462 e. The normalized spacial score (nSPS) is 14.9. The van der Waals surface area contributed by atoms with E-state index in [1.807, 2.05) is 6.08 Å². The molecule has 0 fully saturated rings. The molecule has 61 heavy (non-hydrogen) atoms. The number of rotatable bonds is 46. The summed E-state index contributed by atoms with van der Waals surface area (Å²) in [4.78, 5) is 35.1. The van der Waals surface area contributed by atoms with Gasteiger partial charge in [0.15, 0.2) is 6.10 Å². The molecule has 0 saturated carbocycles. The van der Waals surface area contributed by atoms with Crippen molar-refractivity contribution in [2.24, 2.45) is 5.92 Å². The van der Waals surface area contributed by atoms with Gasteiger partial charge in [0.1, 0.15) is 12.7 Å². The molecule has 0 aromatic heterocycles. The van der Waals surface area contributed by atoms with E-state index < -0.39 is 64.0 Å². The number of phosphoric acid groups is 1. The van der Waals surface area contributed by atoms with Crippen molar-refractivity contribution in [2.45, 2.75) is 251 Å². The fourth-order valence-electron chi connectivity index (χ4n) is 7.09. The van der Waals surface area contributed by atoms with Crippen molar-refractivity contribution >= 4 is 19.8 Å². The van der Waals surface area contributed by atoms with Gasteiger partial charge in [0.25, 0.3) is 0 Å². The number of ether oxygens (including phenoxy) is 2. The average molecular weight is 893 g/mol. The van der Waals surface area contributed by atoms with E-state index in [-0.39, 0.29) is 19.4 Å². The summed E-state index contributed by atoms with van der Waals surface area (Å²) in [5, 5.41) is 38.8. The highest BCUT2D eigenvalue weighted by atomic mass is 31.2. The molecule has 0 amide bonds. The Morgan fingerprint density at radius 2 is 1.02 bits per heavy atom. The lowest BCUT2D eigenvalue weighted by atomic mass is 10.0. The van der Waals surface area contributed by atoms with E-state index in [9.17, 15) is 34.4 Å². The van der Waals surface area contributed by atoms with Gasteiger partial charge in [-0.1, -0.05) is 187 Å². The summed E-state index contributed by atoms with van der Waals surface area (Å²) in [6.45, 7) is 4.54. The average Bonchev–Trinajstić information content (AvgIpc) is 3.23. The van der Waals surface area contributed by atoms with Crippen molar-refractivity contribution in [3.05, 3.63) is 12.2 Å². The molecule has 0 bridgehead atoms. The molecule has 0 saturated heterocycles. The lowest BCUT2D eigenvalue weighted by Crippen LogP contribution is -2.29. The third-order valence-electron chi connectivity index (χ3n) is 11.0. The van der Waals surface area contributed by atoms with Gasteiger partial charge in [-0.05, 0) is 44.4 Å². The van der Waals surface area contributed by atoms with Gasteiger partial charge in [-0.3, -0.25) is 18.6 Å². The van der Waals surface area contributed by atoms with Gasteiger partial charge < -0.3 is 34.8 Å². The summed E-state index contributed by atoms with van der Waals surface area (Å²) in [6, 6.07) is 0. The van der Waals surface area contributed by atoms with E-state index >= 15 is 0 Å². The summed E-state index contributed by atoms with van der Waals surface area (Å²) in [5.74, 6) is -0.190. The molecule has 0 aromatic rings. The predicted molar refractivity (Wildman–Crippen MR) is 245 cm³/mol. The maximum atomic E-state index is 12.7. The van der Waals surface area contributed by atoms with Gasteiger partial charge in [-0.15, -0.1) is 0 Å². The van der Waals surface area contributed by atoms with Crippen LogP contribution in [0.1, 0.15) is 226 Å². The fraction of sp³-hybridized carbons (Fsp3) is 0.917. The van der Waals surface area contributed by atoms with E-state index in [2.05, 4.69) is 31.4 Å². The second-order valence-electron chi connectivity index (χ2n) is 17.6. The largest absolute Gasteiger partial charge is 0.472 e. The number of carbonyl (C=O) groups excluding carboxylic acids is 2. The summed E-state index contributed by atoms with van der Waals surface area (Å²) in [7, 11) is -4.65. The molecule has 0 heterocycles. The molecule has 0 aromatic carbocycles. The van der Waals surface area contributed by atoms with Gasteiger partial charge in [-0.2, -0.15) is 0 Å². The molecule has 5 atom stereocenters. The Hall–Kier alpha value is -1.37. The highest BCUT2D eigenvalue weighted by molar-refractivity contribution is 7.47. The molecular formula is C48H93O12P. The number of aliphatic hydroxyl groups excluding tert-OH is 4. The van der Waals surface area contributed by atoms with E-state index in [1.54, 1.807) is 0 Å². The molecule has 0 spiro atoms. The highest BCUT2D eigenvalue weighted by Crippen LogP contribution is 2.43. The Morgan fingerprint density at radius 3 is 1.51 bits per heavy atom. The van der Waals surface area contributed by atoms with Crippen LogP contribution in [0.5, 0.6) is 0 Å². The standard InChI is InChI=1S/C48H93O12P/c1-4-5-6-7-24-29-34-45(51)46(52)35-30-25-22-27-31-36-47(53)57-40-44(41-59-61(55,56)58-39-43(50)38-49)60-48(54)37-32-26-21-19-17-15-13-11-9-8-10-12-14-16-18-20-23-28-33-42(2)3/h24,29,42-46,49-52H,4-23,25-28,30-41H2,1-3H3,(H,55,56)/b29-24-/t43-,44+,45+,46+/m0/s1. The van der Waals surface area contributed by atoms with Crippen LogP contribution in [0.3, 0.4) is 0 Å². The van der Waals surface area contributed by atoms with Gasteiger partial charge in [-0.25, -0.2) is 4.57 Å². The number of hydrogen-bond donors (Lipinski definition) is 5. The molecule has 0 aliphatic heterocycles. The van der Waals surface area contributed by atoms with E-state index in [1.165, 1.54) is 109 Å². The van der Waals surface area contributed by atoms with Crippen molar-refractivity contribution in [2.75, 3.05) is 26.4 Å². The highest BCUT2D eigenvalue weighted by Gasteiger charge is 2.27. The van der Waals surface area contributed by atoms with Gasteiger partial charge >= 0.3 is 19.8 Å². The Bertz CT molecular complexity index is 1070. The van der Waals surface area contributed by atoms with Crippen molar-refractivity contribution in [1.82, 2.24) is 0 Å². The first kappa shape index (κ1) is 59.6. The molecule has 1 unspecified atom stereocenters. The maximum absolute atomic E-state index is 12.7. The Kier molecular flexibility index (Phi) is 41.6. The zero-order valence-electron chi connectivity index (χ0n) is 39.0. The molecule has 0 aliphatic rings. The van der Waals surface area contributed by atoms with Crippen LogP contribution in [-0.4, -0.2) is 88.1 Å². The van der Waals surface area contributed by atoms with E-state index in [4.69, 9.17) is 19.1 Å². The monoisotopic (exact) mass is 893 g/mol. The van der Waals surface area contributed by atoms with Crippen molar-refractivity contribution in [3.8, 4) is 0 Å². The first-order valence-electron chi connectivity index (χ1n) is 24.7. The number of phosphoric ester groups is 1. The number of carbonyl (C=O) groups is 2. The number of allylic oxidation sites excluding steroid dienone is 1. The summed E-state index contributed by atoms with van der Waals surface area (Å²) < 4.78 is 32.7. The molecule has 13 heteroatoms. The van der Waals surface area contributed by atoms with Crippen LogP contribution < -0.4 is 0 Å². The van der Waals surface area contributed by atoms with E-state index in [0.29, 0.717) is 25.7 Å². The van der Waals surface area contributed by atoms with Gasteiger partial charge in [0.05, 0.1) is 32.0 Å². The quantitative estimate of drug-likeness (QED) is 0.0169. The lowest BCUT2D eigenvalue weighted by molar-refractivity contribution is -0.161. The minimum absolute atomic E-state index is 0.146. The first-order valence-corrected chi connectivity index (χ1v) is 26.2. The number of aliphatic hydroxyl groups is 4. The molecule has 0 radical (unpaired) electrons. The van der Waals surface area contributed by atoms with Gasteiger partial charge in [0, 0.05) is 12.8 Å². The lowest BCUT2D eigenvalue weighted by Gasteiger charge is -2.20. The first-order chi connectivity index (χ1) is 29.4. The van der Waals surface area contributed by atoms with Crippen LogP contribution in [0.4, 0.5) is 0 Å². The Balaban J connectivity index is 4.27.